The monoisotopic (exact) mass is 269 g/mol. The zero-order valence-electron chi connectivity index (χ0n) is 12.2. The number of nitrogens with zero attached hydrogens (tertiary/aromatic N) is 2. The summed E-state index contributed by atoms with van der Waals surface area (Å²) < 4.78 is 0. The third-order valence-corrected chi connectivity index (χ3v) is 3.97. The second-order valence-electron chi connectivity index (χ2n) is 5.80. The van der Waals surface area contributed by atoms with Crippen LogP contribution >= 0.6 is 0 Å². The van der Waals surface area contributed by atoms with Crippen molar-refractivity contribution in [1.29, 1.82) is 0 Å². The molecule has 1 saturated heterocycles. The van der Waals surface area contributed by atoms with Crippen LogP contribution in [0.4, 0.5) is 5.82 Å². The molecule has 106 valence electrons. The fourth-order valence-electron chi connectivity index (χ4n) is 2.97. The summed E-state index contributed by atoms with van der Waals surface area (Å²) in [4.78, 5) is 7.24. The lowest BCUT2D eigenvalue weighted by Crippen LogP contribution is -2.38. The quantitative estimate of drug-likeness (QED) is 0.920. The number of likely N-dealkylation sites (tertiary alicyclic amines) is 1. The molecule has 1 fully saturated rings. The molecule has 2 heterocycles. The van der Waals surface area contributed by atoms with E-state index in [9.17, 15) is 0 Å². The van der Waals surface area contributed by atoms with Gasteiger partial charge in [0, 0.05) is 18.0 Å². The van der Waals surface area contributed by atoms with Crippen LogP contribution in [0.25, 0.3) is 10.9 Å². The molecular weight excluding hydrogens is 246 g/mol. The van der Waals surface area contributed by atoms with Gasteiger partial charge in [-0.3, -0.25) is 0 Å². The van der Waals surface area contributed by atoms with Gasteiger partial charge in [-0.2, -0.15) is 0 Å². The van der Waals surface area contributed by atoms with Crippen LogP contribution in [0, 0.1) is 0 Å². The first-order chi connectivity index (χ1) is 9.81. The van der Waals surface area contributed by atoms with Crippen LogP contribution in [-0.4, -0.2) is 35.6 Å². The molecule has 20 heavy (non-hydrogen) atoms. The minimum atomic E-state index is 0.432. The molecule has 1 unspecified atom stereocenters. The molecule has 1 aliphatic rings. The summed E-state index contributed by atoms with van der Waals surface area (Å²) in [5, 5.41) is 4.72. The van der Waals surface area contributed by atoms with Crippen molar-refractivity contribution >= 4 is 16.7 Å². The highest BCUT2D eigenvalue weighted by molar-refractivity contribution is 5.80. The van der Waals surface area contributed by atoms with Crippen LogP contribution < -0.4 is 5.32 Å². The number of rotatable bonds is 4. The Bertz CT molecular complexity index is 561. The molecule has 1 N–H and O–H groups in total. The van der Waals surface area contributed by atoms with Crippen molar-refractivity contribution in [3.05, 3.63) is 36.4 Å². The summed E-state index contributed by atoms with van der Waals surface area (Å²) in [7, 11) is 0. The van der Waals surface area contributed by atoms with E-state index in [1.165, 1.54) is 37.7 Å². The van der Waals surface area contributed by atoms with E-state index in [2.05, 4.69) is 52.5 Å². The Balaban J connectivity index is 1.62. The van der Waals surface area contributed by atoms with E-state index < -0.39 is 0 Å². The SMILES string of the molecule is CC(CN1CCCCC1)Nc1ccc2ccccc2n1. The summed E-state index contributed by atoms with van der Waals surface area (Å²) >= 11 is 0. The van der Waals surface area contributed by atoms with Gasteiger partial charge in [-0.05, 0) is 51.1 Å². The molecule has 0 aliphatic carbocycles. The molecule has 0 amide bonds. The minimum absolute atomic E-state index is 0.432. The molecule has 1 aliphatic heterocycles. The maximum Gasteiger partial charge on any atom is 0.126 e. The van der Waals surface area contributed by atoms with Gasteiger partial charge in [-0.25, -0.2) is 4.98 Å². The maximum atomic E-state index is 4.68. The second kappa shape index (κ2) is 6.23. The number of fused-ring (bicyclic) bond motifs is 1. The van der Waals surface area contributed by atoms with Crippen molar-refractivity contribution in [3.8, 4) is 0 Å². The first-order valence-electron chi connectivity index (χ1n) is 7.66. The Morgan fingerprint density at radius 2 is 1.90 bits per heavy atom. The molecule has 2 aromatic rings. The van der Waals surface area contributed by atoms with E-state index in [1.54, 1.807) is 0 Å². The number of para-hydroxylation sites is 1. The van der Waals surface area contributed by atoms with Crippen molar-refractivity contribution in [2.24, 2.45) is 0 Å². The topological polar surface area (TPSA) is 28.2 Å². The van der Waals surface area contributed by atoms with Crippen LogP contribution in [0.2, 0.25) is 0 Å². The first-order valence-corrected chi connectivity index (χ1v) is 7.66. The van der Waals surface area contributed by atoms with E-state index >= 15 is 0 Å². The molecular formula is C17H23N3. The summed E-state index contributed by atoms with van der Waals surface area (Å²) in [5.41, 5.74) is 1.06. The van der Waals surface area contributed by atoms with Gasteiger partial charge < -0.3 is 10.2 Å². The average Bonchev–Trinajstić information content (AvgIpc) is 2.48. The number of hydrogen-bond donors (Lipinski definition) is 1. The summed E-state index contributed by atoms with van der Waals surface area (Å²) in [5.74, 6) is 0.980. The highest BCUT2D eigenvalue weighted by Gasteiger charge is 2.13. The van der Waals surface area contributed by atoms with Crippen molar-refractivity contribution < 1.29 is 0 Å². The van der Waals surface area contributed by atoms with Gasteiger partial charge in [0.15, 0.2) is 0 Å². The highest BCUT2D eigenvalue weighted by atomic mass is 15.2. The first kappa shape index (κ1) is 13.4. The maximum absolute atomic E-state index is 4.68. The number of pyridine rings is 1. The lowest BCUT2D eigenvalue weighted by Gasteiger charge is -2.29. The van der Waals surface area contributed by atoms with Gasteiger partial charge in [0.1, 0.15) is 5.82 Å². The van der Waals surface area contributed by atoms with Crippen molar-refractivity contribution in [2.75, 3.05) is 25.0 Å². The van der Waals surface area contributed by atoms with Gasteiger partial charge in [-0.15, -0.1) is 0 Å². The molecule has 1 aromatic heterocycles. The van der Waals surface area contributed by atoms with E-state index in [1.807, 2.05) is 6.07 Å². The Labute approximate surface area is 121 Å². The van der Waals surface area contributed by atoms with E-state index in [4.69, 9.17) is 0 Å². The minimum Gasteiger partial charge on any atom is -0.366 e. The normalized spacial score (nSPS) is 18.1. The predicted octanol–water partition coefficient (Wildman–Crippen LogP) is 3.52. The Morgan fingerprint density at radius 1 is 1.10 bits per heavy atom. The number of piperidine rings is 1. The number of anilines is 1. The number of nitrogens with one attached hydrogen (secondary N) is 1. The van der Waals surface area contributed by atoms with Crippen LogP contribution in [0.1, 0.15) is 26.2 Å². The predicted molar refractivity (Wildman–Crippen MR) is 85.1 cm³/mol. The van der Waals surface area contributed by atoms with Gasteiger partial charge in [0.2, 0.25) is 0 Å². The van der Waals surface area contributed by atoms with Crippen LogP contribution in [0.3, 0.4) is 0 Å². The van der Waals surface area contributed by atoms with E-state index in [0.29, 0.717) is 6.04 Å². The smallest absolute Gasteiger partial charge is 0.126 e. The average molecular weight is 269 g/mol. The summed E-state index contributed by atoms with van der Waals surface area (Å²) in [6.07, 6.45) is 4.09. The summed E-state index contributed by atoms with van der Waals surface area (Å²) in [6, 6.07) is 12.9. The number of benzene rings is 1. The lowest BCUT2D eigenvalue weighted by atomic mass is 10.1. The van der Waals surface area contributed by atoms with Crippen molar-refractivity contribution in [2.45, 2.75) is 32.2 Å². The standard InChI is InChI=1S/C17H23N3/c1-14(13-20-11-5-2-6-12-20)18-17-10-9-15-7-3-4-8-16(15)19-17/h3-4,7-10,14H,2,5-6,11-13H2,1H3,(H,18,19). The molecule has 3 rings (SSSR count). The Hall–Kier alpha value is -1.61. The molecule has 1 atom stereocenters. The fraction of sp³-hybridized carbons (Fsp3) is 0.471. The number of aromatic nitrogens is 1. The third kappa shape index (κ3) is 3.28. The molecule has 0 spiro atoms. The zero-order chi connectivity index (χ0) is 13.8. The molecule has 0 saturated carbocycles. The van der Waals surface area contributed by atoms with Crippen LogP contribution in [-0.2, 0) is 0 Å². The van der Waals surface area contributed by atoms with Crippen molar-refractivity contribution in [3.63, 3.8) is 0 Å². The largest absolute Gasteiger partial charge is 0.366 e. The van der Waals surface area contributed by atoms with Gasteiger partial charge in [0.05, 0.1) is 5.52 Å². The lowest BCUT2D eigenvalue weighted by molar-refractivity contribution is 0.223. The molecule has 1 aromatic carbocycles. The molecule has 3 heteroatoms. The van der Waals surface area contributed by atoms with Crippen LogP contribution in [0.5, 0.6) is 0 Å². The molecule has 0 radical (unpaired) electrons. The van der Waals surface area contributed by atoms with Crippen LogP contribution in [0.15, 0.2) is 36.4 Å². The number of hydrogen-bond acceptors (Lipinski definition) is 3. The highest BCUT2D eigenvalue weighted by Crippen LogP contribution is 2.16. The van der Waals surface area contributed by atoms with Gasteiger partial charge >= 0.3 is 0 Å². The fourth-order valence-corrected chi connectivity index (χ4v) is 2.97. The Kier molecular flexibility index (Phi) is 4.16. The second-order valence-corrected chi connectivity index (χ2v) is 5.80. The molecule has 3 nitrogen and oxygen atoms in total. The summed E-state index contributed by atoms with van der Waals surface area (Å²) in [6.45, 7) is 5.84. The van der Waals surface area contributed by atoms with E-state index in [0.717, 1.165) is 17.9 Å². The molecule has 0 bridgehead atoms. The van der Waals surface area contributed by atoms with Gasteiger partial charge in [-0.1, -0.05) is 24.6 Å². The third-order valence-electron chi connectivity index (χ3n) is 3.97. The van der Waals surface area contributed by atoms with Gasteiger partial charge in [0.25, 0.3) is 0 Å². The van der Waals surface area contributed by atoms with Crippen molar-refractivity contribution in [1.82, 2.24) is 9.88 Å². The Morgan fingerprint density at radius 3 is 2.75 bits per heavy atom. The zero-order valence-corrected chi connectivity index (χ0v) is 12.2. The van der Waals surface area contributed by atoms with E-state index in [-0.39, 0.29) is 0 Å².